The number of aryl methyl sites for hydroxylation is 1. The van der Waals surface area contributed by atoms with Gasteiger partial charge in [0.1, 0.15) is 5.56 Å². The average molecular weight is 342 g/mol. The number of nitrogens with zero attached hydrogens (tertiary/aromatic N) is 5. The fourth-order valence-corrected chi connectivity index (χ4v) is 4.15. The van der Waals surface area contributed by atoms with Crippen LogP contribution in [0.4, 0.5) is 0 Å². The van der Waals surface area contributed by atoms with Crippen molar-refractivity contribution in [2.75, 3.05) is 6.54 Å². The molecule has 1 atom stereocenters. The van der Waals surface area contributed by atoms with E-state index in [2.05, 4.69) is 20.0 Å². The van der Waals surface area contributed by atoms with Gasteiger partial charge in [0.25, 0.3) is 5.91 Å². The summed E-state index contributed by atoms with van der Waals surface area (Å²) in [6.07, 6.45) is 5.42. The van der Waals surface area contributed by atoms with E-state index in [1.54, 1.807) is 22.0 Å². The van der Waals surface area contributed by atoms with Crippen molar-refractivity contribution in [3.05, 3.63) is 45.8 Å². The SMILES string of the molecule is Cc1ncsc1CN1CCC[C@H]1c1ccnc2c(C(N)=O)cnn12. The molecule has 1 amide bonds. The van der Waals surface area contributed by atoms with Gasteiger partial charge in [0, 0.05) is 17.6 Å². The molecule has 1 aliphatic rings. The number of amides is 1. The summed E-state index contributed by atoms with van der Waals surface area (Å²) >= 11 is 1.70. The zero-order chi connectivity index (χ0) is 16.7. The molecule has 3 aromatic rings. The normalized spacial score (nSPS) is 18.5. The molecule has 1 aliphatic heterocycles. The molecule has 0 aromatic carbocycles. The lowest BCUT2D eigenvalue weighted by molar-refractivity contribution is 0.100. The number of carbonyl (C=O) groups is 1. The minimum Gasteiger partial charge on any atom is -0.365 e. The predicted octanol–water partition coefficient (Wildman–Crippen LogP) is 1.93. The molecule has 0 unspecified atom stereocenters. The number of thiazole rings is 1. The molecule has 3 aromatic heterocycles. The second kappa shape index (κ2) is 5.95. The highest BCUT2D eigenvalue weighted by Gasteiger charge is 2.29. The van der Waals surface area contributed by atoms with E-state index in [9.17, 15) is 4.79 Å². The lowest BCUT2D eigenvalue weighted by Crippen LogP contribution is -2.24. The quantitative estimate of drug-likeness (QED) is 0.782. The number of carbonyl (C=O) groups excluding carboxylic acids is 1. The highest BCUT2D eigenvalue weighted by Crippen LogP contribution is 2.34. The Morgan fingerprint density at radius 1 is 1.46 bits per heavy atom. The molecule has 0 bridgehead atoms. The summed E-state index contributed by atoms with van der Waals surface area (Å²) < 4.78 is 1.75. The minimum atomic E-state index is -0.502. The topological polar surface area (TPSA) is 89.4 Å². The molecule has 0 spiro atoms. The lowest BCUT2D eigenvalue weighted by atomic mass is 10.1. The Balaban J connectivity index is 1.71. The molecule has 8 heteroatoms. The molecular weight excluding hydrogens is 324 g/mol. The first-order valence-corrected chi connectivity index (χ1v) is 8.78. The number of rotatable bonds is 4. The first kappa shape index (κ1) is 15.2. The van der Waals surface area contributed by atoms with E-state index in [-0.39, 0.29) is 6.04 Å². The zero-order valence-corrected chi connectivity index (χ0v) is 14.2. The maximum Gasteiger partial charge on any atom is 0.254 e. The van der Waals surface area contributed by atoms with Crippen molar-refractivity contribution >= 4 is 22.9 Å². The first-order chi connectivity index (χ1) is 11.6. The average Bonchev–Trinajstić information content (AvgIpc) is 3.27. The van der Waals surface area contributed by atoms with Crippen molar-refractivity contribution in [1.82, 2.24) is 24.5 Å². The van der Waals surface area contributed by atoms with Gasteiger partial charge in [-0.3, -0.25) is 9.69 Å². The summed E-state index contributed by atoms with van der Waals surface area (Å²) in [5, 5.41) is 4.35. The van der Waals surface area contributed by atoms with Gasteiger partial charge in [-0.2, -0.15) is 5.10 Å². The van der Waals surface area contributed by atoms with E-state index in [0.29, 0.717) is 11.2 Å². The van der Waals surface area contributed by atoms with Crippen LogP contribution < -0.4 is 5.73 Å². The molecule has 4 heterocycles. The van der Waals surface area contributed by atoms with E-state index in [1.807, 2.05) is 18.5 Å². The fraction of sp³-hybridized carbons (Fsp3) is 0.375. The van der Waals surface area contributed by atoms with Gasteiger partial charge in [-0.15, -0.1) is 11.3 Å². The summed E-state index contributed by atoms with van der Waals surface area (Å²) in [5.41, 5.74) is 10.3. The number of aromatic nitrogens is 4. The predicted molar refractivity (Wildman–Crippen MR) is 90.7 cm³/mol. The van der Waals surface area contributed by atoms with E-state index < -0.39 is 5.91 Å². The molecular formula is C16H18N6OS. The van der Waals surface area contributed by atoms with Crippen molar-refractivity contribution in [2.24, 2.45) is 5.73 Å². The zero-order valence-electron chi connectivity index (χ0n) is 13.3. The second-order valence-electron chi connectivity index (χ2n) is 6.02. The van der Waals surface area contributed by atoms with E-state index in [4.69, 9.17) is 5.73 Å². The van der Waals surface area contributed by atoms with Crippen molar-refractivity contribution in [3.63, 3.8) is 0 Å². The largest absolute Gasteiger partial charge is 0.365 e. The molecule has 1 fully saturated rings. The van der Waals surface area contributed by atoms with Crippen LogP contribution in [0.2, 0.25) is 0 Å². The molecule has 1 saturated heterocycles. The molecule has 0 radical (unpaired) electrons. The van der Waals surface area contributed by atoms with Crippen LogP contribution in [0.25, 0.3) is 5.65 Å². The van der Waals surface area contributed by atoms with Crippen molar-refractivity contribution < 1.29 is 4.79 Å². The maximum absolute atomic E-state index is 11.5. The summed E-state index contributed by atoms with van der Waals surface area (Å²) in [6.45, 7) is 3.97. The van der Waals surface area contributed by atoms with Gasteiger partial charge >= 0.3 is 0 Å². The van der Waals surface area contributed by atoms with Gasteiger partial charge in [-0.25, -0.2) is 14.5 Å². The highest BCUT2D eigenvalue weighted by molar-refractivity contribution is 7.09. The van der Waals surface area contributed by atoms with Crippen molar-refractivity contribution in [1.29, 1.82) is 0 Å². The van der Waals surface area contributed by atoms with E-state index in [0.717, 1.165) is 37.3 Å². The monoisotopic (exact) mass is 342 g/mol. The standard InChI is InChI=1S/C16H18N6OS/c1-10-14(24-9-19-10)8-21-6-2-3-12(21)13-4-5-18-16-11(15(17)23)7-20-22(13)16/h4-5,7,9,12H,2-3,6,8H2,1H3,(H2,17,23)/t12-/m0/s1. The van der Waals surface area contributed by atoms with Gasteiger partial charge in [-0.05, 0) is 32.4 Å². The van der Waals surface area contributed by atoms with Crippen LogP contribution in [0.3, 0.4) is 0 Å². The molecule has 0 aliphatic carbocycles. The molecule has 4 rings (SSSR count). The van der Waals surface area contributed by atoms with Gasteiger partial charge in [0.15, 0.2) is 5.65 Å². The number of fused-ring (bicyclic) bond motifs is 1. The molecule has 124 valence electrons. The number of nitrogens with two attached hydrogens (primary N) is 1. The molecule has 24 heavy (non-hydrogen) atoms. The number of primary amides is 1. The van der Waals surface area contributed by atoms with Crippen LogP contribution in [0.15, 0.2) is 24.0 Å². The summed E-state index contributed by atoms with van der Waals surface area (Å²) in [5.74, 6) is -0.502. The van der Waals surface area contributed by atoms with Crippen LogP contribution >= 0.6 is 11.3 Å². The summed E-state index contributed by atoms with van der Waals surface area (Å²) in [6, 6.07) is 2.23. The third-order valence-corrected chi connectivity index (χ3v) is 5.51. The van der Waals surface area contributed by atoms with Gasteiger partial charge in [-0.1, -0.05) is 0 Å². The van der Waals surface area contributed by atoms with Crippen molar-refractivity contribution in [3.8, 4) is 0 Å². The number of hydrogen-bond donors (Lipinski definition) is 1. The highest BCUT2D eigenvalue weighted by atomic mass is 32.1. The Hall–Kier alpha value is -2.32. The van der Waals surface area contributed by atoms with Crippen LogP contribution in [-0.4, -0.2) is 36.9 Å². The Bertz CT molecular complexity index is 901. The minimum absolute atomic E-state index is 0.248. The molecule has 2 N–H and O–H groups in total. The van der Waals surface area contributed by atoms with Crippen LogP contribution in [0, 0.1) is 6.92 Å². The summed E-state index contributed by atoms with van der Waals surface area (Å²) in [4.78, 5) is 23.9. The maximum atomic E-state index is 11.5. The Morgan fingerprint density at radius 3 is 3.08 bits per heavy atom. The lowest BCUT2D eigenvalue weighted by Gasteiger charge is -2.24. The van der Waals surface area contributed by atoms with Crippen LogP contribution in [-0.2, 0) is 6.54 Å². The molecule has 0 saturated carbocycles. The first-order valence-electron chi connectivity index (χ1n) is 7.90. The Labute approximate surface area is 143 Å². The van der Waals surface area contributed by atoms with Gasteiger partial charge in [0.05, 0.1) is 29.1 Å². The van der Waals surface area contributed by atoms with Crippen molar-refractivity contribution in [2.45, 2.75) is 32.4 Å². The Morgan fingerprint density at radius 2 is 2.33 bits per heavy atom. The van der Waals surface area contributed by atoms with Crippen LogP contribution in [0.5, 0.6) is 0 Å². The second-order valence-corrected chi connectivity index (χ2v) is 6.96. The van der Waals surface area contributed by atoms with Gasteiger partial charge < -0.3 is 5.73 Å². The van der Waals surface area contributed by atoms with E-state index >= 15 is 0 Å². The van der Waals surface area contributed by atoms with Crippen LogP contribution in [0.1, 0.15) is 45.5 Å². The number of likely N-dealkylation sites (tertiary alicyclic amines) is 1. The third-order valence-electron chi connectivity index (χ3n) is 4.59. The van der Waals surface area contributed by atoms with E-state index in [1.165, 1.54) is 11.1 Å². The smallest absolute Gasteiger partial charge is 0.254 e. The summed E-state index contributed by atoms with van der Waals surface area (Å²) in [7, 11) is 0. The van der Waals surface area contributed by atoms with Gasteiger partial charge in [0.2, 0.25) is 0 Å². The Kier molecular flexibility index (Phi) is 3.78. The number of hydrogen-bond acceptors (Lipinski definition) is 6. The third kappa shape index (κ3) is 2.47. The fourth-order valence-electron chi connectivity index (χ4n) is 3.35. The molecule has 7 nitrogen and oxygen atoms in total.